The van der Waals surface area contributed by atoms with Crippen molar-refractivity contribution in [1.82, 2.24) is 0 Å². The summed E-state index contributed by atoms with van der Waals surface area (Å²) in [5.41, 5.74) is 0. The summed E-state index contributed by atoms with van der Waals surface area (Å²) in [6.45, 7) is 6.26. The van der Waals surface area contributed by atoms with Gasteiger partial charge in [0.2, 0.25) is 0 Å². The molecule has 466 valence electrons. The minimum atomic E-state index is -0.811. The van der Waals surface area contributed by atoms with E-state index in [2.05, 4.69) is 191 Å². The molecule has 6 nitrogen and oxygen atoms in total. The molecule has 0 radical (unpaired) electrons. The Morgan fingerprint density at radius 1 is 0.241 bits per heavy atom. The van der Waals surface area contributed by atoms with Crippen molar-refractivity contribution < 1.29 is 28.6 Å². The summed E-state index contributed by atoms with van der Waals surface area (Å²) >= 11 is 0. The van der Waals surface area contributed by atoms with Crippen LogP contribution in [0, 0.1) is 0 Å². The summed E-state index contributed by atoms with van der Waals surface area (Å²) in [5, 5.41) is 0. The topological polar surface area (TPSA) is 78.9 Å². The molecule has 0 aromatic carbocycles. The Morgan fingerprint density at radius 2 is 0.434 bits per heavy atom. The highest BCUT2D eigenvalue weighted by molar-refractivity contribution is 5.71. The predicted octanol–water partition coefficient (Wildman–Crippen LogP) is 23.4. The number of carbonyl (C=O) groups excluding carboxylic acids is 3. The fourth-order valence-electron chi connectivity index (χ4n) is 8.78. The molecule has 0 bridgehead atoms. The highest BCUT2D eigenvalue weighted by atomic mass is 16.6. The molecule has 1 atom stereocenters. The maximum absolute atomic E-state index is 12.9. The van der Waals surface area contributed by atoms with E-state index in [9.17, 15) is 14.4 Å². The number of hydrogen-bond donors (Lipinski definition) is 0. The Hall–Kier alpha value is -5.23. The van der Waals surface area contributed by atoms with E-state index >= 15 is 0 Å². The molecule has 0 aromatic rings. The summed E-state index contributed by atoms with van der Waals surface area (Å²) in [6.07, 6.45) is 102. The van der Waals surface area contributed by atoms with Crippen molar-refractivity contribution >= 4 is 17.9 Å². The lowest BCUT2D eigenvalue weighted by atomic mass is 10.0. The molecule has 83 heavy (non-hydrogen) atoms. The second-order valence-electron chi connectivity index (χ2n) is 21.6. The van der Waals surface area contributed by atoms with Gasteiger partial charge in [0, 0.05) is 19.3 Å². The first-order valence-corrected chi connectivity index (χ1v) is 33.6. The molecular formula is C77H122O6. The summed E-state index contributed by atoms with van der Waals surface area (Å²) in [7, 11) is 0. The van der Waals surface area contributed by atoms with E-state index in [1.54, 1.807) is 0 Å². The zero-order valence-electron chi connectivity index (χ0n) is 53.4. The van der Waals surface area contributed by atoms with Gasteiger partial charge in [0.1, 0.15) is 13.2 Å². The Morgan fingerprint density at radius 3 is 0.675 bits per heavy atom. The maximum atomic E-state index is 12.9. The number of ether oxygens (including phenoxy) is 3. The second kappa shape index (κ2) is 69.3. The van der Waals surface area contributed by atoms with Crippen LogP contribution in [0.25, 0.3) is 0 Å². The van der Waals surface area contributed by atoms with E-state index in [0.29, 0.717) is 19.3 Å². The van der Waals surface area contributed by atoms with Gasteiger partial charge in [-0.25, -0.2) is 0 Å². The van der Waals surface area contributed by atoms with E-state index in [0.717, 1.165) is 180 Å². The van der Waals surface area contributed by atoms with Crippen LogP contribution in [0.1, 0.15) is 278 Å². The van der Waals surface area contributed by atoms with Crippen LogP contribution in [0.3, 0.4) is 0 Å². The van der Waals surface area contributed by atoms with Crippen LogP contribution in [0.4, 0.5) is 0 Å². The van der Waals surface area contributed by atoms with Crippen molar-refractivity contribution in [2.24, 2.45) is 0 Å². The van der Waals surface area contributed by atoms with Crippen molar-refractivity contribution in [3.05, 3.63) is 170 Å². The first-order chi connectivity index (χ1) is 41.0. The van der Waals surface area contributed by atoms with Crippen molar-refractivity contribution in [2.45, 2.75) is 284 Å². The predicted molar refractivity (Wildman–Crippen MR) is 361 cm³/mol. The summed E-state index contributed by atoms with van der Waals surface area (Å²) in [6, 6.07) is 0. The Balaban J connectivity index is 4.45. The van der Waals surface area contributed by atoms with Crippen molar-refractivity contribution in [1.29, 1.82) is 0 Å². The molecule has 0 saturated carbocycles. The third kappa shape index (κ3) is 67.4. The molecule has 0 amide bonds. The third-order valence-electron chi connectivity index (χ3n) is 13.7. The van der Waals surface area contributed by atoms with Gasteiger partial charge in [-0.2, -0.15) is 0 Å². The van der Waals surface area contributed by atoms with Gasteiger partial charge < -0.3 is 14.2 Å². The van der Waals surface area contributed by atoms with Crippen LogP contribution in [-0.2, 0) is 28.6 Å². The first-order valence-electron chi connectivity index (χ1n) is 33.6. The average molecular weight is 1140 g/mol. The van der Waals surface area contributed by atoms with E-state index in [-0.39, 0.29) is 31.1 Å². The van der Waals surface area contributed by atoms with E-state index < -0.39 is 6.10 Å². The molecule has 0 aliphatic heterocycles. The molecule has 0 aromatic heterocycles. The monoisotopic (exact) mass is 1140 g/mol. The van der Waals surface area contributed by atoms with E-state index in [1.165, 1.54) is 57.8 Å². The number of rotatable bonds is 59. The fraction of sp³-hybridized carbons (Fsp3) is 0.597. The highest BCUT2D eigenvalue weighted by Gasteiger charge is 2.19. The minimum absolute atomic E-state index is 0.103. The van der Waals surface area contributed by atoms with Gasteiger partial charge in [0.25, 0.3) is 0 Å². The lowest BCUT2D eigenvalue weighted by molar-refractivity contribution is -0.167. The van der Waals surface area contributed by atoms with Crippen LogP contribution in [-0.4, -0.2) is 37.2 Å². The van der Waals surface area contributed by atoms with Crippen LogP contribution in [0.5, 0.6) is 0 Å². The molecule has 0 N–H and O–H groups in total. The number of hydrogen-bond acceptors (Lipinski definition) is 6. The average Bonchev–Trinajstić information content (AvgIpc) is 3.49. The van der Waals surface area contributed by atoms with Gasteiger partial charge >= 0.3 is 17.9 Å². The van der Waals surface area contributed by atoms with Crippen LogP contribution >= 0.6 is 0 Å². The normalized spacial score (nSPS) is 13.2. The number of esters is 3. The molecule has 0 aliphatic rings. The van der Waals surface area contributed by atoms with Gasteiger partial charge in [-0.3, -0.25) is 14.4 Å². The van der Waals surface area contributed by atoms with Crippen molar-refractivity contribution in [3.63, 3.8) is 0 Å². The number of carbonyl (C=O) groups is 3. The van der Waals surface area contributed by atoms with E-state index in [4.69, 9.17) is 14.2 Å². The Kier molecular flexibility index (Phi) is 64.9. The molecule has 0 fully saturated rings. The quantitative estimate of drug-likeness (QED) is 0.0261. The van der Waals surface area contributed by atoms with Gasteiger partial charge in [-0.05, 0) is 148 Å². The largest absolute Gasteiger partial charge is 0.462 e. The lowest BCUT2D eigenvalue weighted by Gasteiger charge is -2.18. The van der Waals surface area contributed by atoms with Crippen LogP contribution < -0.4 is 0 Å². The van der Waals surface area contributed by atoms with Crippen molar-refractivity contribution in [2.75, 3.05) is 13.2 Å². The van der Waals surface area contributed by atoms with Gasteiger partial charge in [-0.1, -0.05) is 281 Å². The smallest absolute Gasteiger partial charge is 0.306 e. The van der Waals surface area contributed by atoms with Crippen molar-refractivity contribution in [3.8, 4) is 0 Å². The zero-order valence-corrected chi connectivity index (χ0v) is 53.4. The van der Waals surface area contributed by atoms with Gasteiger partial charge in [-0.15, -0.1) is 0 Å². The summed E-state index contributed by atoms with van der Waals surface area (Å²) in [5.74, 6) is -0.950. The number of unbranched alkanes of at least 4 members (excludes halogenated alkanes) is 20. The zero-order chi connectivity index (χ0) is 59.9. The minimum Gasteiger partial charge on any atom is -0.462 e. The van der Waals surface area contributed by atoms with E-state index in [1.807, 2.05) is 0 Å². The molecular weight excluding hydrogens is 1020 g/mol. The molecule has 6 heteroatoms. The molecule has 0 spiro atoms. The first kappa shape index (κ1) is 77.8. The molecule has 0 saturated heterocycles. The number of allylic oxidation sites excluding steroid dienone is 28. The molecule has 1 unspecified atom stereocenters. The van der Waals surface area contributed by atoms with Gasteiger partial charge in [0.15, 0.2) is 6.10 Å². The maximum Gasteiger partial charge on any atom is 0.306 e. The summed E-state index contributed by atoms with van der Waals surface area (Å²) < 4.78 is 16.9. The van der Waals surface area contributed by atoms with Gasteiger partial charge in [0.05, 0.1) is 0 Å². The highest BCUT2D eigenvalue weighted by Crippen LogP contribution is 2.15. The second-order valence-corrected chi connectivity index (χ2v) is 21.6. The third-order valence-corrected chi connectivity index (χ3v) is 13.7. The molecule has 0 heterocycles. The molecule has 0 aliphatic carbocycles. The van der Waals surface area contributed by atoms with Crippen LogP contribution in [0.2, 0.25) is 0 Å². The van der Waals surface area contributed by atoms with Crippen LogP contribution in [0.15, 0.2) is 170 Å². The fourth-order valence-corrected chi connectivity index (χ4v) is 8.78. The molecule has 0 rings (SSSR count). The lowest BCUT2D eigenvalue weighted by Crippen LogP contribution is -2.30. The Labute approximate surface area is 511 Å². The standard InChI is InChI=1S/C77H122O6/c1-4-7-10-13-16-19-22-25-28-31-33-35-36-37-38-39-40-42-43-46-49-52-55-58-61-64-67-70-76(79)82-73-74(72-81-75(78)69-66-63-60-57-54-51-48-45-30-27-24-21-18-15-12-9-6-3)83-77(80)71-68-65-62-59-56-53-50-47-44-41-34-32-29-26-23-20-17-14-11-8-5-2/h7-12,16-21,25-30,33-35,37-38,41,47-48,50-51,74H,4-6,13-15,22-24,31-32,36,39-40,42-46,49,52-73H2,1-3H3/b10-7-,11-8-,12-9-,19-16-,20-17-,21-18-,28-25-,29-26-,30-27-,35-33-,38-37-,41-34-,50-47-,51-48-. The summed E-state index contributed by atoms with van der Waals surface area (Å²) in [4.78, 5) is 38.4. The Bertz CT molecular complexity index is 1890. The SMILES string of the molecule is CC/C=C\C/C=C\C/C=C\C/C=C\C/C=C\CCCCCCCCCCCCCC(=O)OCC(COC(=O)CCCCCC/C=C\C/C=C\C/C=C\C/C=C\CC)OC(=O)CCCCCCC/C=C\C/C=C\C/C=C\C/C=C\C/C=C\CC.